The summed E-state index contributed by atoms with van der Waals surface area (Å²) in [6.07, 6.45) is 2.74. The number of aromatic nitrogens is 3. The van der Waals surface area contributed by atoms with E-state index in [1.807, 2.05) is 6.92 Å². The Morgan fingerprint density at radius 1 is 1.24 bits per heavy atom. The quantitative estimate of drug-likeness (QED) is 0.771. The number of rotatable bonds is 2. The Kier molecular flexibility index (Phi) is 2.08. The standard InChI is InChI=1S/C12H19N5/c1-7-14-12(16-15-7)6-17-10-2-3-11(17)9-5-13-4-8(9)10/h8-11,13H,2-6H2,1H3,(H,14,15,16)/t8-,9+,10-,11+. The number of aryl methyl sites for hydroxylation is 1. The average molecular weight is 233 g/mol. The summed E-state index contributed by atoms with van der Waals surface area (Å²) in [5, 5.41) is 10.8. The molecule has 92 valence electrons. The third-order valence-corrected chi connectivity index (χ3v) is 4.88. The minimum absolute atomic E-state index is 0.777. The van der Waals surface area contributed by atoms with E-state index in [1.54, 1.807) is 0 Å². The fourth-order valence-electron chi connectivity index (χ4n) is 4.26. The van der Waals surface area contributed by atoms with Gasteiger partial charge >= 0.3 is 0 Å². The third kappa shape index (κ3) is 1.39. The van der Waals surface area contributed by atoms with Crippen molar-refractivity contribution in [2.24, 2.45) is 11.8 Å². The van der Waals surface area contributed by atoms with Gasteiger partial charge in [-0.15, -0.1) is 0 Å². The van der Waals surface area contributed by atoms with E-state index >= 15 is 0 Å². The molecule has 3 aliphatic rings. The lowest BCUT2D eigenvalue weighted by Gasteiger charge is -2.22. The van der Waals surface area contributed by atoms with E-state index in [2.05, 4.69) is 25.4 Å². The van der Waals surface area contributed by atoms with Crippen LogP contribution in [0.5, 0.6) is 0 Å². The molecule has 2 N–H and O–H groups in total. The van der Waals surface area contributed by atoms with Crippen molar-refractivity contribution in [3.63, 3.8) is 0 Å². The van der Waals surface area contributed by atoms with Crippen LogP contribution in [0.15, 0.2) is 0 Å². The van der Waals surface area contributed by atoms with Crippen molar-refractivity contribution in [2.45, 2.75) is 38.4 Å². The third-order valence-electron chi connectivity index (χ3n) is 4.88. The summed E-state index contributed by atoms with van der Waals surface area (Å²) < 4.78 is 0. The maximum absolute atomic E-state index is 4.44. The van der Waals surface area contributed by atoms with Crippen LogP contribution in [0.25, 0.3) is 0 Å². The molecule has 0 saturated carbocycles. The summed E-state index contributed by atoms with van der Waals surface area (Å²) in [7, 11) is 0. The predicted molar refractivity (Wildman–Crippen MR) is 63.3 cm³/mol. The molecule has 0 aromatic carbocycles. The Bertz CT molecular complexity index is 410. The lowest BCUT2D eigenvalue weighted by molar-refractivity contribution is 0.213. The van der Waals surface area contributed by atoms with Crippen LogP contribution in [0.3, 0.4) is 0 Å². The molecule has 2 bridgehead atoms. The molecule has 0 amide bonds. The van der Waals surface area contributed by atoms with Gasteiger partial charge in [0.2, 0.25) is 0 Å². The topological polar surface area (TPSA) is 56.8 Å². The number of hydrogen-bond donors (Lipinski definition) is 2. The molecule has 4 heterocycles. The zero-order chi connectivity index (χ0) is 11.4. The van der Waals surface area contributed by atoms with Gasteiger partial charge in [0.15, 0.2) is 5.82 Å². The fourth-order valence-corrected chi connectivity index (χ4v) is 4.26. The lowest BCUT2D eigenvalue weighted by Crippen LogP contribution is -2.34. The first-order valence-electron chi connectivity index (χ1n) is 6.67. The number of nitrogens with one attached hydrogen (secondary N) is 2. The van der Waals surface area contributed by atoms with E-state index < -0.39 is 0 Å². The van der Waals surface area contributed by atoms with E-state index in [0.29, 0.717) is 0 Å². The van der Waals surface area contributed by atoms with Crippen LogP contribution in [0.4, 0.5) is 0 Å². The first-order valence-corrected chi connectivity index (χ1v) is 6.67. The van der Waals surface area contributed by atoms with Gasteiger partial charge in [0.25, 0.3) is 0 Å². The minimum atomic E-state index is 0.777. The van der Waals surface area contributed by atoms with Gasteiger partial charge in [-0.1, -0.05) is 0 Å². The zero-order valence-corrected chi connectivity index (χ0v) is 10.2. The first kappa shape index (κ1) is 10.0. The summed E-state index contributed by atoms with van der Waals surface area (Å²) in [6, 6.07) is 1.55. The van der Waals surface area contributed by atoms with Crippen LogP contribution in [0, 0.1) is 18.8 Å². The second-order valence-corrected chi connectivity index (χ2v) is 5.71. The number of hydrogen-bond acceptors (Lipinski definition) is 4. The number of nitrogens with zero attached hydrogens (tertiary/aromatic N) is 3. The maximum Gasteiger partial charge on any atom is 0.164 e. The van der Waals surface area contributed by atoms with Crippen molar-refractivity contribution in [1.29, 1.82) is 0 Å². The van der Waals surface area contributed by atoms with Crippen molar-refractivity contribution in [1.82, 2.24) is 25.4 Å². The molecular weight excluding hydrogens is 214 g/mol. The highest BCUT2D eigenvalue weighted by Crippen LogP contribution is 2.47. The zero-order valence-electron chi connectivity index (χ0n) is 10.2. The van der Waals surface area contributed by atoms with E-state index in [0.717, 1.165) is 42.1 Å². The normalized spacial score (nSPS) is 40.1. The Balaban J connectivity index is 1.56. The first-order chi connectivity index (χ1) is 8.33. The molecule has 1 aromatic rings. The highest BCUT2D eigenvalue weighted by atomic mass is 15.3. The van der Waals surface area contributed by atoms with Crippen LogP contribution in [-0.2, 0) is 6.54 Å². The molecule has 5 heteroatoms. The molecule has 0 unspecified atom stereocenters. The number of H-pyrrole nitrogens is 1. The van der Waals surface area contributed by atoms with Crippen LogP contribution >= 0.6 is 0 Å². The molecule has 4 atom stereocenters. The van der Waals surface area contributed by atoms with Gasteiger partial charge in [0.05, 0.1) is 6.54 Å². The summed E-state index contributed by atoms with van der Waals surface area (Å²) in [6.45, 7) is 5.34. The maximum atomic E-state index is 4.44. The summed E-state index contributed by atoms with van der Waals surface area (Å²) in [5.74, 6) is 3.66. The average Bonchev–Trinajstić information content (AvgIpc) is 3.02. The molecule has 0 radical (unpaired) electrons. The molecule has 0 spiro atoms. The van der Waals surface area contributed by atoms with Gasteiger partial charge < -0.3 is 5.32 Å². The van der Waals surface area contributed by atoms with Crippen molar-refractivity contribution in [3.8, 4) is 0 Å². The number of aromatic amines is 1. The Morgan fingerprint density at radius 2 is 1.94 bits per heavy atom. The number of fused-ring (bicyclic) bond motifs is 5. The second kappa shape index (κ2) is 3.53. The van der Waals surface area contributed by atoms with Crippen LogP contribution in [0.2, 0.25) is 0 Å². The van der Waals surface area contributed by atoms with Crippen molar-refractivity contribution < 1.29 is 0 Å². The molecular formula is C12H19N5. The van der Waals surface area contributed by atoms with E-state index in [4.69, 9.17) is 0 Å². The smallest absolute Gasteiger partial charge is 0.164 e. The molecule has 0 aliphatic carbocycles. The predicted octanol–water partition coefficient (Wildman–Crippen LogP) is 0.295. The molecule has 5 nitrogen and oxygen atoms in total. The van der Waals surface area contributed by atoms with Gasteiger partial charge in [-0.3, -0.25) is 10.00 Å². The van der Waals surface area contributed by atoms with E-state index in [9.17, 15) is 0 Å². The molecule has 1 aromatic heterocycles. The van der Waals surface area contributed by atoms with Gasteiger partial charge in [0, 0.05) is 12.1 Å². The fraction of sp³-hybridized carbons (Fsp3) is 0.833. The van der Waals surface area contributed by atoms with Crippen molar-refractivity contribution in [3.05, 3.63) is 11.6 Å². The highest BCUT2D eigenvalue weighted by Gasteiger charge is 2.54. The minimum Gasteiger partial charge on any atom is -0.316 e. The SMILES string of the molecule is Cc1nc(CN2[C@@H]3CC[C@H]2[C@H]2CNC[C@H]23)n[nH]1. The van der Waals surface area contributed by atoms with Gasteiger partial charge in [0.1, 0.15) is 5.82 Å². The molecule has 4 rings (SSSR count). The van der Waals surface area contributed by atoms with Gasteiger partial charge in [-0.25, -0.2) is 4.98 Å². The Morgan fingerprint density at radius 3 is 2.53 bits per heavy atom. The molecule has 3 saturated heterocycles. The Hall–Kier alpha value is -0.940. The summed E-state index contributed by atoms with van der Waals surface area (Å²) >= 11 is 0. The van der Waals surface area contributed by atoms with Gasteiger partial charge in [-0.2, -0.15) is 5.10 Å². The van der Waals surface area contributed by atoms with Crippen LogP contribution in [-0.4, -0.2) is 45.3 Å². The van der Waals surface area contributed by atoms with Crippen LogP contribution in [0.1, 0.15) is 24.5 Å². The van der Waals surface area contributed by atoms with E-state index in [1.165, 1.54) is 25.9 Å². The van der Waals surface area contributed by atoms with Gasteiger partial charge in [-0.05, 0) is 44.7 Å². The molecule has 17 heavy (non-hydrogen) atoms. The van der Waals surface area contributed by atoms with E-state index in [-0.39, 0.29) is 0 Å². The molecule has 3 aliphatic heterocycles. The summed E-state index contributed by atoms with van der Waals surface area (Å²) in [5.41, 5.74) is 0. The summed E-state index contributed by atoms with van der Waals surface area (Å²) in [4.78, 5) is 7.11. The van der Waals surface area contributed by atoms with Crippen molar-refractivity contribution >= 4 is 0 Å². The molecule has 3 fully saturated rings. The largest absolute Gasteiger partial charge is 0.316 e. The highest BCUT2D eigenvalue weighted by molar-refractivity contribution is 5.10. The van der Waals surface area contributed by atoms with Crippen molar-refractivity contribution in [2.75, 3.05) is 13.1 Å². The lowest BCUT2D eigenvalue weighted by atomic mass is 9.82. The monoisotopic (exact) mass is 233 g/mol. The Labute approximate surface area is 101 Å². The van der Waals surface area contributed by atoms with Crippen LogP contribution < -0.4 is 5.32 Å². The second-order valence-electron chi connectivity index (χ2n) is 5.71.